The summed E-state index contributed by atoms with van der Waals surface area (Å²) < 4.78 is 13.9. The van der Waals surface area contributed by atoms with Gasteiger partial charge in [0.05, 0.1) is 11.6 Å². The molecule has 0 fully saturated rings. The molecule has 0 aliphatic carbocycles. The summed E-state index contributed by atoms with van der Waals surface area (Å²) in [6.45, 7) is 3.65. The Morgan fingerprint density at radius 2 is 1.90 bits per heavy atom. The topological polar surface area (TPSA) is 20.3 Å². The van der Waals surface area contributed by atoms with Crippen molar-refractivity contribution in [1.82, 2.24) is 4.90 Å². The van der Waals surface area contributed by atoms with Gasteiger partial charge in [-0.1, -0.05) is 35.9 Å². The summed E-state index contributed by atoms with van der Waals surface area (Å²) in [7, 11) is 1.65. The molecule has 0 spiro atoms. The molecule has 0 heterocycles. The number of rotatable bonds is 3. The molecule has 0 aliphatic heterocycles. The van der Waals surface area contributed by atoms with Gasteiger partial charge in [0.2, 0.25) is 0 Å². The molecule has 4 heteroatoms. The van der Waals surface area contributed by atoms with Gasteiger partial charge in [0.1, 0.15) is 5.82 Å². The predicted molar refractivity (Wildman–Crippen MR) is 83.1 cm³/mol. The summed E-state index contributed by atoms with van der Waals surface area (Å²) >= 11 is 6.15. The van der Waals surface area contributed by atoms with Crippen molar-refractivity contribution in [2.45, 2.75) is 19.9 Å². The Hall–Kier alpha value is -1.87. The molecule has 2 aromatic carbocycles. The molecule has 1 atom stereocenters. The van der Waals surface area contributed by atoms with Crippen LogP contribution in [-0.4, -0.2) is 17.9 Å². The van der Waals surface area contributed by atoms with Crippen LogP contribution in [0, 0.1) is 12.7 Å². The van der Waals surface area contributed by atoms with Crippen molar-refractivity contribution in [3.05, 3.63) is 70.0 Å². The zero-order valence-electron chi connectivity index (χ0n) is 12.2. The molecule has 2 nitrogen and oxygen atoms in total. The number of hydrogen-bond acceptors (Lipinski definition) is 1. The van der Waals surface area contributed by atoms with Crippen molar-refractivity contribution in [2.75, 3.05) is 7.05 Å². The van der Waals surface area contributed by atoms with E-state index in [4.69, 9.17) is 11.6 Å². The fourth-order valence-corrected chi connectivity index (χ4v) is 2.48. The molecule has 1 unspecified atom stereocenters. The van der Waals surface area contributed by atoms with Crippen molar-refractivity contribution in [3.63, 3.8) is 0 Å². The van der Waals surface area contributed by atoms with E-state index in [0.29, 0.717) is 5.02 Å². The van der Waals surface area contributed by atoms with E-state index >= 15 is 0 Å². The monoisotopic (exact) mass is 305 g/mol. The van der Waals surface area contributed by atoms with Crippen molar-refractivity contribution in [3.8, 4) is 0 Å². The van der Waals surface area contributed by atoms with E-state index in [1.165, 1.54) is 17.0 Å². The van der Waals surface area contributed by atoms with Crippen LogP contribution in [0.3, 0.4) is 0 Å². The molecule has 2 rings (SSSR count). The predicted octanol–water partition coefficient (Wildman–Crippen LogP) is 4.62. The smallest absolute Gasteiger partial charge is 0.257 e. The lowest BCUT2D eigenvalue weighted by molar-refractivity contribution is 0.0738. The number of nitrogens with zero attached hydrogens (tertiary/aromatic N) is 1. The lowest BCUT2D eigenvalue weighted by atomic mass is 10.1. The molecule has 110 valence electrons. The highest BCUT2D eigenvalue weighted by Crippen LogP contribution is 2.27. The first-order valence-electron chi connectivity index (χ1n) is 6.69. The van der Waals surface area contributed by atoms with Crippen molar-refractivity contribution in [1.29, 1.82) is 0 Å². The molecule has 0 bridgehead atoms. The van der Waals surface area contributed by atoms with Crippen LogP contribution >= 0.6 is 11.6 Å². The molecular formula is C17H17ClFNO. The van der Waals surface area contributed by atoms with Crippen LogP contribution < -0.4 is 0 Å². The molecule has 0 N–H and O–H groups in total. The van der Waals surface area contributed by atoms with E-state index < -0.39 is 5.82 Å². The molecule has 0 saturated heterocycles. The molecule has 21 heavy (non-hydrogen) atoms. The number of benzene rings is 2. The highest BCUT2D eigenvalue weighted by molar-refractivity contribution is 6.31. The number of carbonyl (C=O) groups excluding carboxylic acids is 1. The average Bonchev–Trinajstić information content (AvgIpc) is 2.45. The third-order valence-electron chi connectivity index (χ3n) is 3.61. The second-order valence-corrected chi connectivity index (χ2v) is 5.50. The van der Waals surface area contributed by atoms with E-state index in [1.54, 1.807) is 26.1 Å². The zero-order valence-corrected chi connectivity index (χ0v) is 13.0. The Morgan fingerprint density at radius 3 is 2.52 bits per heavy atom. The first-order chi connectivity index (χ1) is 9.91. The van der Waals surface area contributed by atoms with E-state index in [1.807, 2.05) is 25.1 Å². The van der Waals surface area contributed by atoms with Crippen molar-refractivity contribution in [2.24, 2.45) is 0 Å². The van der Waals surface area contributed by atoms with Gasteiger partial charge in [0.15, 0.2) is 0 Å². The summed E-state index contributed by atoms with van der Waals surface area (Å²) in [6, 6.07) is 11.7. The summed E-state index contributed by atoms with van der Waals surface area (Å²) in [5.74, 6) is -0.863. The van der Waals surface area contributed by atoms with Crippen molar-refractivity contribution < 1.29 is 9.18 Å². The highest BCUT2D eigenvalue weighted by atomic mass is 35.5. The van der Waals surface area contributed by atoms with Gasteiger partial charge in [-0.25, -0.2) is 4.39 Å². The summed E-state index contributed by atoms with van der Waals surface area (Å²) in [5.41, 5.74) is 1.69. The van der Waals surface area contributed by atoms with Crippen LogP contribution in [0.25, 0.3) is 0 Å². The molecule has 0 aromatic heterocycles. The summed E-state index contributed by atoms with van der Waals surface area (Å²) in [5, 5.41) is 0.592. The molecule has 2 aromatic rings. The largest absolute Gasteiger partial charge is 0.335 e. The van der Waals surface area contributed by atoms with Gasteiger partial charge in [-0.15, -0.1) is 0 Å². The maximum Gasteiger partial charge on any atom is 0.257 e. The normalized spacial score (nSPS) is 12.0. The molecule has 1 amide bonds. The molecule has 0 radical (unpaired) electrons. The maximum absolute atomic E-state index is 13.9. The number of amides is 1. The lowest BCUT2D eigenvalue weighted by Gasteiger charge is -2.26. The lowest BCUT2D eigenvalue weighted by Crippen LogP contribution is -2.30. The van der Waals surface area contributed by atoms with Gasteiger partial charge in [-0.2, -0.15) is 0 Å². The van der Waals surface area contributed by atoms with Gasteiger partial charge in [0.25, 0.3) is 5.91 Å². The van der Waals surface area contributed by atoms with E-state index in [2.05, 4.69) is 0 Å². The van der Waals surface area contributed by atoms with Gasteiger partial charge in [0, 0.05) is 12.1 Å². The minimum atomic E-state index is -0.502. The number of aryl methyl sites for hydroxylation is 1. The van der Waals surface area contributed by atoms with Crippen LogP contribution in [0.15, 0.2) is 42.5 Å². The Labute approximate surface area is 129 Å². The first-order valence-corrected chi connectivity index (χ1v) is 7.07. The Balaban J connectivity index is 2.29. The minimum Gasteiger partial charge on any atom is -0.335 e. The Kier molecular flexibility index (Phi) is 4.63. The number of halogens is 2. The summed E-state index contributed by atoms with van der Waals surface area (Å²) in [4.78, 5) is 13.9. The zero-order chi connectivity index (χ0) is 15.6. The van der Waals surface area contributed by atoms with E-state index in [-0.39, 0.29) is 17.5 Å². The quantitative estimate of drug-likeness (QED) is 0.810. The van der Waals surface area contributed by atoms with Crippen LogP contribution in [0.2, 0.25) is 5.02 Å². The molecule has 0 aliphatic rings. The van der Waals surface area contributed by atoms with Crippen LogP contribution in [0.5, 0.6) is 0 Å². The van der Waals surface area contributed by atoms with Crippen LogP contribution in [0.1, 0.15) is 34.5 Å². The SMILES string of the molecule is Cc1ccc(C(=O)N(C)C(C)c2ccccc2Cl)c(F)c1. The highest BCUT2D eigenvalue weighted by Gasteiger charge is 2.22. The summed E-state index contributed by atoms with van der Waals surface area (Å²) in [6.07, 6.45) is 0. The van der Waals surface area contributed by atoms with Crippen LogP contribution in [-0.2, 0) is 0 Å². The fourth-order valence-electron chi connectivity index (χ4n) is 2.18. The van der Waals surface area contributed by atoms with E-state index in [0.717, 1.165) is 11.1 Å². The third-order valence-corrected chi connectivity index (χ3v) is 3.96. The maximum atomic E-state index is 13.9. The van der Waals surface area contributed by atoms with Gasteiger partial charge < -0.3 is 4.90 Å². The number of carbonyl (C=O) groups is 1. The first kappa shape index (κ1) is 15.5. The molecular weight excluding hydrogens is 289 g/mol. The second kappa shape index (κ2) is 6.27. The number of hydrogen-bond donors (Lipinski definition) is 0. The van der Waals surface area contributed by atoms with E-state index in [9.17, 15) is 9.18 Å². The standard InChI is InChI=1S/C17H17ClFNO/c1-11-8-9-14(16(19)10-11)17(21)20(3)12(2)13-6-4-5-7-15(13)18/h4-10,12H,1-3H3. The Bertz CT molecular complexity index is 672. The van der Waals surface area contributed by atoms with Gasteiger partial charge in [-0.05, 0) is 43.2 Å². The third kappa shape index (κ3) is 3.24. The minimum absolute atomic E-state index is 0.0713. The van der Waals surface area contributed by atoms with Gasteiger partial charge in [-0.3, -0.25) is 4.79 Å². The van der Waals surface area contributed by atoms with Crippen molar-refractivity contribution >= 4 is 17.5 Å². The van der Waals surface area contributed by atoms with Crippen LogP contribution in [0.4, 0.5) is 4.39 Å². The average molecular weight is 306 g/mol. The van der Waals surface area contributed by atoms with Gasteiger partial charge >= 0.3 is 0 Å². The molecule has 0 saturated carbocycles. The second-order valence-electron chi connectivity index (χ2n) is 5.10. The fraction of sp³-hybridized carbons (Fsp3) is 0.235. The Morgan fingerprint density at radius 1 is 1.24 bits per heavy atom.